The normalized spacial score (nSPS) is 15.0. The second-order valence-electron chi connectivity index (χ2n) is 9.92. The van der Waals surface area contributed by atoms with Crippen molar-refractivity contribution in [3.8, 4) is 11.1 Å². The van der Waals surface area contributed by atoms with Gasteiger partial charge in [0.2, 0.25) is 10.0 Å². The molecular formula is C31H23FN2O6S. The Balaban J connectivity index is 1.29. The third kappa shape index (κ3) is 4.60. The van der Waals surface area contributed by atoms with Gasteiger partial charge in [0.1, 0.15) is 5.82 Å². The molecule has 0 bridgehead atoms. The number of carbonyl (C=O) groups excluding carboxylic acids is 2. The van der Waals surface area contributed by atoms with E-state index in [1.807, 2.05) is 0 Å². The van der Waals surface area contributed by atoms with Gasteiger partial charge in [-0.3, -0.25) is 9.59 Å². The van der Waals surface area contributed by atoms with Crippen molar-refractivity contribution in [1.29, 1.82) is 0 Å². The fourth-order valence-corrected chi connectivity index (χ4v) is 6.87. The van der Waals surface area contributed by atoms with Crippen molar-refractivity contribution >= 4 is 27.7 Å². The van der Waals surface area contributed by atoms with Crippen molar-refractivity contribution in [2.75, 3.05) is 6.54 Å². The molecule has 1 unspecified atom stereocenters. The number of benzene rings is 4. The van der Waals surface area contributed by atoms with Crippen LogP contribution in [-0.2, 0) is 27.8 Å². The number of halogens is 1. The molecule has 1 atom stereocenters. The molecule has 10 heteroatoms. The van der Waals surface area contributed by atoms with Crippen LogP contribution in [0.3, 0.4) is 0 Å². The third-order valence-corrected chi connectivity index (χ3v) is 9.37. The monoisotopic (exact) mass is 570 g/mol. The van der Waals surface area contributed by atoms with Crippen LogP contribution < -0.4 is 5.32 Å². The number of nitrogens with one attached hydrogen (secondary N) is 1. The van der Waals surface area contributed by atoms with Crippen LogP contribution in [0.4, 0.5) is 4.39 Å². The molecule has 2 N–H and O–H groups in total. The summed E-state index contributed by atoms with van der Waals surface area (Å²) in [4.78, 5) is 38.6. The van der Waals surface area contributed by atoms with E-state index in [4.69, 9.17) is 0 Å². The number of amides is 1. The molecule has 0 fully saturated rings. The van der Waals surface area contributed by atoms with E-state index in [2.05, 4.69) is 5.32 Å². The first-order valence-electron chi connectivity index (χ1n) is 12.8. The molecule has 0 radical (unpaired) electrons. The highest BCUT2D eigenvalue weighted by Crippen LogP contribution is 2.39. The Labute approximate surface area is 235 Å². The lowest BCUT2D eigenvalue weighted by molar-refractivity contribution is -0.139. The van der Waals surface area contributed by atoms with Crippen LogP contribution in [0, 0.1) is 5.82 Å². The molecule has 2 aliphatic rings. The van der Waals surface area contributed by atoms with Crippen LogP contribution in [0.2, 0.25) is 0 Å². The molecule has 4 aromatic rings. The molecule has 1 aliphatic carbocycles. The molecule has 0 saturated heterocycles. The zero-order chi connectivity index (χ0) is 28.9. The quantitative estimate of drug-likeness (QED) is 0.313. The predicted octanol–water partition coefficient (Wildman–Crippen LogP) is 4.34. The van der Waals surface area contributed by atoms with Gasteiger partial charge in [0.15, 0.2) is 11.8 Å². The van der Waals surface area contributed by atoms with Crippen molar-refractivity contribution in [1.82, 2.24) is 9.62 Å². The van der Waals surface area contributed by atoms with Crippen molar-refractivity contribution in [3.63, 3.8) is 0 Å². The Hall–Kier alpha value is -4.67. The summed E-state index contributed by atoms with van der Waals surface area (Å²) in [5.41, 5.74) is 3.86. The number of hydrogen-bond acceptors (Lipinski definition) is 5. The summed E-state index contributed by atoms with van der Waals surface area (Å²) < 4.78 is 41.0. The summed E-state index contributed by atoms with van der Waals surface area (Å²) in [6.45, 7) is 0.207. The van der Waals surface area contributed by atoms with Crippen LogP contribution in [0.1, 0.15) is 49.0 Å². The summed E-state index contributed by atoms with van der Waals surface area (Å²) in [5.74, 6) is -2.70. The van der Waals surface area contributed by atoms with E-state index in [-0.39, 0.29) is 34.9 Å². The molecule has 8 nitrogen and oxygen atoms in total. The fourth-order valence-electron chi connectivity index (χ4n) is 5.45. The van der Waals surface area contributed by atoms with Crippen molar-refractivity contribution in [3.05, 3.63) is 124 Å². The van der Waals surface area contributed by atoms with Crippen LogP contribution in [-0.4, -0.2) is 42.0 Å². The molecule has 1 amide bonds. The van der Waals surface area contributed by atoms with E-state index < -0.39 is 33.8 Å². The van der Waals surface area contributed by atoms with E-state index in [0.29, 0.717) is 34.2 Å². The number of nitrogens with zero attached hydrogens (tertiary/aromatic N) is 1. The first-order valence-corrected chi connectivity index (χ1v) is 14.3. The average molecular weight is 571 g/mol. The lowest BCUT2D eigenvalue weighted by Gasteiger charge is -2.29. The number of sulfonamides is 1. The number of carboxylic acid groups (broad SMARTS) is 1. The highest BCUT2D eigenvalue weighted by Gasteiger charge is 2.33. The molecule has 1 aliphatic heterocycles. The highest BCUT2D eigenvalue weighted by atomic mass is 32.2. The summed E-state index contributed by atoms with van der Waals surface area (Å²) >= 11 is 0. The van der Waals surface area contributed by atoms with Crippen molar-refractivity contribution in [2.24, 2.45) is 0 Å². The van der Waals surface area contributed by atoms with Gasteiger partial charge < -0.3 is 10.4 Å². The summed E-state index contributed by atoms with van der Waals surface area (Å²) in [6.07, 6.45) is 0.406. The Kier molecular flexibility index (Phi) is 6.51. The Bertz CT molecular complexity index is 1850. The van der Waals surface area contributed by atoms with E-state index in [9.17, 15) is 32.3 Å². The number of hydrogen-bond donors (Lipinski definition) is 2. The van der Waals surface area contributed by atoms with Crippen molar-refractivity contribution in [2.45, 2.75) is 23.9 Å². The van der Waals surface area contributed by atoms with E-state index in [1.165, 1.54) is 16.4 Å². The van der Waals surface area contributed by atoms with Gasteiger partial charge in [0.05, 0.1) is 4.90 Å². The first kappa shape index (κ1) is 26.5. The third-order valence-electron chi connectivity index (χ3n) is 7.51. The number of fused-ring (bicyclic) bond motifs is 4. The molecule has 0 saturated carbocycles. The van der Waals surface area contributed by atoms with Gasteiger partial charge in [-0.15, -0.1) is 0 Å². The molecule has 4 aromatic carbocycles. The predicted molar refractivity (Wildman–Crippen MR) is 147 cm³/mol. The number of rotatable bonds is 6. The summed E-state index contributed by atoms with van der Waals surface area (Å²) in [5, 5.41) is 12.7. The minimum Gasteiger partial charge on any atom is -0.479 e. The SMILES string of the molecule is O=C(NC(C(=O)O)c1ccc2c(c1)CN(S(=O)(=O)c1ccc(F)cc1)CC2)c1cccc2c1-c1ccccc1C2=O. The summed E-state index contributed by atoms with van der Waals surface area (Å²) in [6, 6.07) is 19.8. The largest absolute Gasteiger partial charge is 0.479 e. The number of aliphatic carboxylic acids is 1. The Morgan fingerprint density at radius 1 is 0.878 bits per heavy atom. The highest BCUT2D eigenvalue weighted by molar-refractivity contribution is 7.89. The van der Waals surface area contributed by atoms with Crippen LogP contribution in [0.15, 0.2) is 89.8 Å². The topological polar surface area (TPSA) is 121 Å². The van der Waals surface area contributed by atoms with Gasteiger partial charge in [0.25, 0.3) is 5.91 Å². The minimum absolute atomic E-state index is 0.00570. The van der Waals surface area contributed by atoms with Gasteiger partial charge in [-0.2, -0.15) is 4.31 Å². The second-order valence-corrected chi connectivity index (χ2v) is 11.9. The van der Waals surface area contributed by atoms with E-state index in [0.717, 1.165) is 17.7 Å². The van der Waals surface area contributed by atoms with Crippen LogP contribution in [0.5, 0.6) is 0 Å². The summed E-state index contributed by atoms with van der Waals surface area (Å²) in [7, 11) is -3.91. The number of carbonyl (C=O) groups is 3. The second kappa shape index (κ2) is 10.1. The molecule has 0 aromatic heterocycles. The van der Waals surface area contributed by atoms with Gasteiger partial charge in [-0.25, -0.2) is 17.6 Å². The van der Waals surface area contributed by atoms with Crippen LogP contribution >= 0.6 is 0 Å². The molecular weight excluding hydrogens is 547 g/mol. The van der Waals surface area contributed by atoms with E-state index >= 15 is 0 Å². The molecule has 206 valence electrons. The standard InChI is InChI=1S/C31H23FN2O6S/c32-21-10-12-22(13-11-21)41(39,40)34-15-14-18-8-9-19(16-20(18)17-34)28(31(37)38)33-30(36)26-7-3-6-25-27(26)23-4-1-2-5-24(23)29(25)35/h1-13,16,28H,14-15,17H2,(H,33,36)(H,37,38). The van der Waals surface area contributed by atoms with Crippen molar-refractivity contribution < 1.29 is 32.3 Å². The smallest absolute Gasteiger partial charge is 0.330 e. The van der Waals surface area contributed by atoms with Gasteiger partial charge in [0, 0.05) is 35.3 Å². The maximum Gasteiger partial charge on any atom is 0.330 e. The lowest BCUT2D eigenvalue weighted by atomic mass is 9.95. The van der Waals surface area contributed by atoms with Gasteiger partial charge in [-0.05, 0) is 59.0 Å². The lowest BCUT2D eigenvalue weighted by Crippen LogP contribution is -2.37. The zero-order valence-corrected chi connectivity index (χ0v) is 22.3. The first-order chi connectivity index (χ1) is 19.6. The molecule has 1 heterocycles. The molecule has 0 spiro atoms. The molecule has 6 rings (SSSR count). The van der Waals surface area contributed by atoms with Gasteiger partial charge >= 0.3 is 5.97 Å². The number of carboxylic acids is 1. The maximum absolute atomic E-state index is 13.5. The average Bonchev–Trinajstić information content (AvgIpc) is 3.27. The Morgan fingerprint density at radius 3 is 2.32 bits per heavy atom. The van der Waals surface area contributed by atoms with Crippen LogP contribution in [0.25, 0.3) is 11.1 Å². The minimum atomic E-state index is -3.91. The zero-order valence-electron chi connectivity index (χ0n) is 21.5. The number of ketones is 1. The fraction of sp³-hybridized carbons (Fsp3) is 0.129. The van der Waals surface area contributed by atoms with Gasteiger partial charge in [-0.1, -0.05) is 54.6 Å². The Morgan fingerprint density at radius 2 is 1.59 bits per heavy atom. The molecule has 41 heavy (non-hydrogen) atoms. The maximum atomic E-state index is 13.5. The van der Waals surface area contributed by atoms with E-state index in [1.54, 1.807) is 60.7 Å².